The summed E-state index contributed by atoms with van der Waals surface area (Å²) in [5.74, 6) is 2.55. The number of aliphatic hydroxyl groups excluding tert-OH is 1. The first-order valence-electron chi connectivity index (χ1n) is 18.5. The SMILES string of the molecule is CCCCOc1cc2c3cc(OCCCC)c(OCCCC)cc3c3c([N+](=O)[O-])c(OCCO)c(OCCCC)cc3c2cc1OCCCC. The van der Waals surface area contributed by atoms with E-state index >= 15 is 0 Å². The van der Waals surface area contributed by atoms with Crippen molar-refractivity contribution in [1.29, 1.82) is 0 Å². The molecule has 0 aromatic heterocycles. The Morgan fingerprint density at radius 3 is 1.16 bits per heavy atom. The fraction of sp³-hybridized carbons (Fsp3) is 0.550. The summed E-state index contributed by atoms with van der Waals surface area (Å²) in [7, 11) is 0. The second-order valence-electron chi connectivity index (χ2n) is 12.5. The van der Waals surface area contributed by atoms with E-state index in [1.54, 1.807) is 0 Å². The summed E-state index contributed by atoms with van der Waals surface area (Å²) in [4.78, 5) is 12.7. The quantitative estimate of drug-likeness (QED) is 0.0331. The number of unbranched alkanes of at least 4 members (excludes halogenated alkanes) is 5. The average Bonchev–Trinajstić information content (AvgIpc) is 3.11. The van der Waals surface area contributed by atoms with Crippen LogP contribution in [0.25, 0.3) is 32.3 Å². The van der Waals surface area contributed by atoms with Crippen molar-refractivity contribution in [2.75, 3.05) is 46.2 Å². The van der Waals surface area contributed by atoms with Gasteiger partial charge in [-0.05, 0) is 78.6 Å². The molecule has 274 valence electrons. The maximum atomic E-state index is 13.1. The second-order valence-corrected chi connectivity index (χ2v) is 12.5. The average molecular weight is 694 g/mol. The van der Waals surface area contributed by atoms with Gasteiger partial charge in [-0.25, -0.2) is 0 Å². The summed E-state index contributed by atoms with van der Waals surface area (Å²) >= 11 is 0. The zero-order valence-electron chi connectivity index (χ0n) is 30.6. The van der Waals surface area contributed by atoms with Crippen molar-refractivity contribution in [2.24, 2.45) is 0 Å². The summed E-state index contributed by atoms with van der Waals surface area (Å²) in [5.41, 5.74) is -0.231. The van der Waals surface area contributed by atoms with Gasteiger partial charge in [0.05, 0.1) is 50.0 Å². The highest BCUT2D eigenvalue weighted by molar-refractivity contribution is 6.29. The lowest BCUT2D eigenvalue weighted by atomic mass is 9.92. The van der Waals surface area contributed by atoms with Crippen LogP contribution in [-0.4, -0.2) is 56.3 Å². The van der Waals surface area contributed by atoms with Gasteiger partial charge in [0, 0.05) is 10.8 Å². The molecular formula is C40H55NO9. The third-order valence-electron chi connectivity index (χ3n) is 8.54. The van der Waals surface area contributed by atoms with E-state index in [0.29, 0.717) is 72.2 Å². The van der Waals surface area contributed by atoms with Crippen molar-refractivity contribution >= 4 is 38.0 Å². The van der Waals surface area contributed by atoms with Crippen LogP contribution >= 0.6 is 0 Å². The Bertz CT molecular complexity index is 1660. The molecule has 4 aromatic carbocycles. The van der Waals surface area contributed by atoms with Gasteiger partial charge < -0.3 is 33.5 Å². The number of nitrogens with zero attached hydrogens (tertiary/aromatic N) is 1. The first kappa shape index (κ1) is 38.6. The molecule has 0 saturated carbocycles. The fourth-order valence-corrected chi connectivity index (χ4v) is 5.76. The molecule has 0 aliphatic heterocycles. The van der Waals surface area contributed by atoms with Crippen LogP contribution < -0.4 is 28.4 Å². The van der Waals surface area contributed by atoms with Crippen LogP contribution in [0, 0.1) is 10.1 Å². The molecule has 0 bridgehead atoms. The van der Waals surface area contributed by atoms with Crippen molar-refractivity contribution in [3.05, 3.63) is 40.4 Å². The number of hydrogen-bond donors (Lipinski definition) is 1. The van der Waals surface area contributed by atoms with Crippen LogP contribution in [0.5, 0.6) is 34.5 Å². The molecule has 0 aliphatic rings. The Balaban J connectivity index is 2.19. The lowest BCUT2D eigenvalue weighted by Gasteiger charge is -2.20. The van der Waals surface area contributed by atoms with Crippen LogP contribution in [0.3, 0.4) is 0 Å². The molecule has 0 atom stereocenters. The van der Waals surface area contributed by atoms with Gasteiger partial charge in [-0.1, -0.05) is 66.7 Å². The van der Waals surface area contributed by atoms with Crippen molar-refractivity contribution in [3.8, 4) is 34.5 Å². The third-order valence-corrected chi connectivity index (χ3v) is 8.54. The smallest absolute Gasteiger partial charge is 0.323 e. The van der Waals surface area contributed by atoms with Gasteiger partial charge in [0.25, 0.3) is 0 Å². The van der Waals surface area contributed by atoms with E-state index in [2.05, 4.69) is 34.6 Å². The summed E-state index contributed by atoms with van der Waals surface area (Å²) < 4.78 is 37.4. The molecule has 0 saturated heterocycles. The topological polar surface area (TPSA) is 119 Å². The highest BCUT2D eigenvalue weighted by Gasteiger charge is 2.30. The molecule has 0 spiro atoms. The van der Waals surface area contributed by atoms with Gasteiger partial charge >= 0.3 is 5.69 Å². The van der Waals surface area contributed by atoms with Crippen LogP contribution in [0.1, 0.15) is 98.8 Å². The number of nitro benzene ring substituents is 1. The molecular weight excluding hydrogens is 638 g/mol. The number of ether oxygens (including phenoxy) is 6. The second kappa shape index (κ2) is 19.9. The first-order valence-corrected chi connectivity index (χ1v) is 18.5. The number of nitro groups is 1. The molecule has 50 heavy (non-hydrogen) atoms. The minimum atomic E-state index is -0.419. The molecule has 4 rings (SSSR count). The predicted molar refractivity (Wildman–Crippen MR) is 200 cm³/mol. The molecule has 0 aliphatic carbocycles. The van der Waals surface area contributed by atoms with E-state index in [-0.39, 0.29) is 30.4 Å². The zero-order chi connectivity index (χ0) is 35.9. The Morgan fingerprint density at radius 2 is 0.820 bits per heavy atom. The van der Waals surface area contributed by atoms with E-state index in [1.807, 2.05) is 30.3 Å². The van der Waals surface area contributed by atoms with Gasteiger partial charge in [0.15, 0.2) is 28.7 Å². The number of aliphatic hydroxyl groups is 1. The highest BCUT2D eigenvalue weighted by Crippen LogP contribution is 2.52. The van der Waals surface area contributed by atoms with Gasteiger partial charge in [-0.3, -0.25) is 10.1 Å². The lowest BCUT2D eigenvalue weighted by molar-refractivity contribution is -0.384. The fourth-order valence-electron chi connectivity index (χ4n) is 5.76. The van der Waals surface area contributed by atoms with E-state index in [0.717, 1.165) is 80.4 Å². The van der Waals surface area contributed by atoms with Gasteiger partial charge in [0.1, 0.15) is 6.61 Å². The molecule has 10 heteroatoms. The van der Waals surface area contributed by atoms with E-state index in [9.17, 15) is 15.2 Å². The van der Waals surface area contributed by atoms with E-state index in [4.69, 9.17) is 28.4 Å². The number of fused-ring (bicyclic) bond motifs is 6. The van der Waals surface area contributed by atoms with Crippen molar-refractivity contribution in [1.82, 2.24) is 0 Å². The molecule has 0 amide bonds. The molecule has 0 fully saturated rings. The van der Waals surface area contributed by atoms with E-state index in [1.165, 1.54) is 0 Å². The van der Waals surface area contributed by atoms with E-state index < -0.39 is 4.92 Å². The maximum absolute atomic E-state index is 13.1. The Morgan fingerprint density at radius 1 is 0.500 bits per heavy atom. The summed E-state index contributed by atoms with van der Waals surface area (Å²) in [6.45, 7) is 12.4. The summed E-state index contributed by atoms with van der Waals surface area (Å²) in [6, 6.07) is 9.54. The van der Waals surface area contributed by atoms with Crippen molar-refractivity contribution in [2.45, 2.75) is 98.8 Å². The highest BCUT2D eigenvalue weighted by atomic mass is 16.6. The molecule has 1 N–H and O–H groups in total. The predicted octanol–water partition coefficient (Wildman–Crippen LogP) is 10.3. The van der Waals surface area contributed by atoms with Crippen LogP contribution in [0.2, 0.25) is 0 Å². The summed E-state index contributed by atoms with van der Waals surface area (Å²) in [5, 5.41) is 26.8. The van der Waals surface area contributed by atoms with Gasteiger partial charge in [-0.15, -0.1) is 0 Å². The lowest BCUT2D eigenvalue weighted by Crippen LogP contribution is -2.08. The Hall–Kier alpha value is -4.18. The van der Waals surface area contributed by atoms with Crippen LogP contribution in [0.4, 0.5) is 5.69 Å². The van der Waals surface area contributed by atoms with Crippen molar-refractivity contribution in [3.63, 3.8) is 0 Å². The standard InChI is InChI=1S/C40H55NO9/c1-6-11-17-45-33-23-28-29-24-35(47-19-13-8-3)36(48-20-14-9-4)26-31(29)38-32(30(28)25-34(33)46-18-12-7-2)27-37(49-21-15-10-5)40(50-22-16-42)39(38)41(43)44/h23-27,42H,6-22H2,1-5H3. The monoisotopic (exact) mass is 693 g/mol. The van der Waals surface area contributed by atoms with Crippen molar-refractivity contribution < 1.29 is 38.5 Å². The molecule has 0 heterocycles. The number of benzene rings is 4. The van der Waals surface area contributed by atoms with Crippen LogP contribution in [0.15, 0.2) is 30.3 Å². The minimum absolute atomic E-state index is 0.0102. The summed E-state index contributed by atoms with van der Waals surface area (Å²) in [6.07, 6.45) is 9.01. The molecule has 0 radical (unpaired) electrons. The Labute approximate surface area is 296 Å². The molecule has 10 nitrogen and oxygen atoms in total. The Kier molecular flexibility index (Phi) is 15.3. The molecule has 4 aromatic rings. The van der Waals surface area contributed by atoms with Crippen LogP contribution in [-0.2, 0) is 0 Å². The largest absolute Gasteiger partial charge is 0.490 e. The first-order chi connectivity index (χ1) is 24.4. The maximum Gasteiger partial charge on any atom is 0.323 e. The van der Waals surface area contributed by atoms with Gasteiger partial charge in [0.2, 0.25) is 5.75 Å². The zero-order valence-corrected chi connectivity index (χ0v) is 30.6. The normalized spacial score (nSPS) is 11.3. The molecule has 0 unspecified atom stereocenters. The number of rotatable bonds is 24. The van der Waals surface area contributed by atoms with Gasteiger partial charge in [-0.2, -0.15) is 0 Å². The number of hydrogen-bond acceptors (Lipinski definition) is 9. The third kappa shape index (κ3) is 9.33. The minimum Gasteiger partial charge on any atom is -0.490 e.